The number of pyridine rings is 1. The number of hydrogen-bond donors (Lipinski definition) is 1. The maximum atomic E-state index is 13.6. The Balaban J connectivity index is 1.25. The molecule has 2 aliphatic rings. The van der Waals surface area contributed by atoms with Crippen molar-refractivity contribution in [1.82, 2.24) is 14.8 Å². The van der Waals surface area contributed by atoms with Gasteiger partial charge in [-0.2, -0.15) is 13.2 Å². The van der Waals surface area contributed by atoms with Crippen molar-refractivity contribution >= 4 is 38.5 Å². The lowest BCUT2D eigenvalue weighted by Crippen LogP contribution is -2.56. The number of oxime groups is 1. The molecule has 2 aromatic carbocycles. The Morgan fingerprint density at radius 3 is 2.38 bits per heavy atom. The first-order chi connectivity index (χ1) is 20.0. The molecular formula is C31H34BrF3N4O3. The predicted octanol–water partition coefficient (Wildman–Crippen LogP) is 6.46. The summed E-state index contributed by atoms with van der Waals surface area (Å²) in [5.41, 5.74) is -0.153. The molecule has 1 aromatic heterocycles. The van der Waals surface area contributed by atoms with E-state index in [1.54, 1.807) is 4.90 Å². The van der Waals surface area contributed by atoms with E-state index in [2.05, 4.69) is 50.0 Å². The normalized spacial score (nSPS) is 18.8. The summed E-state index contributed by atoms with van der Waals surface area (Å²) in [6.07, 6.45) is -1.35. The number of H-pyrrole nitrogens is 1. The summed E-state index contributed by atoms with van der Waals surface area (Å²) in [7, 11) is 0. The van der Waals surface area contributed by atoms with Gasteiger partial charge in [0.15, 0.2) is 5.43 Å². The molecule has 42 heavy (non-hydrogen) atoms. The molecule has 224 valence electrons. The topological polar surface area (TPSA) is 78.0 Å². The largest absolute Gasteiger partial charge is 0.418 e. The van der Waals surface area contributed by atoms with E-state index >= 15 is 0 Å². The van der Waals surface area contributed by atoms with Crippen LogP contribution in [0, 0.1) is 5.92 Å². The van der Waals surface area contributed by atoms with Gasteiger partial charge in [0.1, 0.15) is 12.3 Å². The number of aromatic nitrogens is 1. The average molecular weight is 648 g/mol. The summed E-state index contributed by atoms with van der Waals surface area (Å²) in [5.74, 6) is -0.191. The van der Waals surface area contributed by atoms with E-state index in [0.717, 1.165) is 66.7 Å². The van der Waals surface area contributed by atoms with Gasteiger partial charge in [0.05, 0.1) is 16.8 Å². The third-order valence-electron chi connectivity index (χ3n) is 8.61. The van der Waals surface area contributed by atoms with Crippen LogP contribution >= 0.6 is 15.9 Å². The highest BCUT2D eigenvalue weighted by molar-refractivity contribution is 9.10. The molecule has 11 heteroatoms. The van der Waals surface area contributed by atoms with Gasteiger partial charge in [-0.1, -0.05) is 39.3 Å². The molecule has 0 saturated carbocycles. The fourth-order valence-electron chi connectivity index (χ4n) is 6.11. The van der Waals surface area contributed by atoms with E-state index in [1.807, 2.05) is 19.1 Å². The molecule has 0 bridgehead atoms. The van der Waals surface area contributed by atoms with Gasteiger partial charge in [-0.15, -0.1) is 0 Å². The second-order valence-corrected chi connectivity index (χ2v) is 12.1. The number of nitrogens with zero attached hydrogens (tertiary/aromatic N) is 3. The minimum absolute atomic E-state index is 0.0920. The van der Waals surface area contributed by atoms with Crippen LogP contribution in [0.15, 0.2) is 63.0 Å². The molecular weight excluding hydrogens is 613 g/mol. The van der Waals surface area contributed by atoms with Crippen LogP contribution in [0.3, 0.4) is 0 Å². The first-order valence-electron chi connectivity index (χ1n) is 14.2. The predicted molar refractivity (Wildman–Crippen MR) is 160 cm³/mol. The van der Waals surface area contributed by atoms with E-state index in [1.165, 1.54) is 12.1 Å². The number of amides is 1. The number of fused-ring (bicyclic) bond motifs is 1. The van der Waals surface area contributed by atoms with Crippen molar-refractivity contribution in [2.24, 2.45) is 11.1 Å². The van der Waals surface area contributed by atoms with Gasteiger partial charge in [0, 0.05) is 40.5 Å². The Kier molecular flexibility index (Phi) is 8.80. The molecule has 5 rings (SSSR count). The third kappa shape index (κ3) is 6.27. The Bertz CT molecular complexity index is 1520. The number of aromatic amines is 1. The lowest BCUT2D eigenvalue weighted by atomic mass is 9.82. The molecule has 2 aliphatic heterocycles. The number of benzene rings is 2. The molecule has 0 spiro atoms. The van der Waals surface area contributed by atoms with Crippen molar-refractivity contribution in [3.63, 3.8) is 0 Å². The second-order valence-electron chi connectivity index (χ2n) is 11.2. The zero-order valence-corrected chi connectivity index (χ0v) is 25.2. The van der Waals surface area contributed by atoms with Crippen molar-refractivity contribution in [3.8, 4) is 0 Å². The maximum absolute atomic E-state index is 13.6. The fraction of sp³-hybridized carbons (Fsp3) is 0.452. The van der Waals surface area contributed by atoms with Crippen LogP contribution in [-0.2, 0) is 11.0 Å². The van der Waals surface area contributed by atoms with Crippen LogP contribution in [0.1, 0.15) is 61.1 Å². The summed E-state index contributed by atoms with van der Waals surface area (Å²) in [5, 5.41) is 4.38. The van der Waals surface area contributed by atoms with Gasteiger partial charge in [-0.25, -0.2) is 0 Å². The molecule has 1 amide bonds. The number of para-hydroxylation sites is 1. The molecule has 3 heterocycles. The number of nitrogens with one attached hydrogen (secondary N) is 1. The molecule has 0 atom stereocenters. The number of halogens is 4. The highest BCUT2D eigenvalue weighted by Crippen LogP contribution is 2.35. The molecule has 7 nitrogen and oxygen atoms in total. The number of rotatable bonds is 6. The highest BCUT2D eigenvalue weighted by atomic mass is 79.9. The van der Waals surface area contributed by atoms with Gasteiger partial charge >= 0.3 is 6.18 Å². The highest BCUT2D eigenvalue weighted by Gasteiger charge is 2.40. The van der Waals surface area contributed by atoms with Gasteiger partial charge < -0.3 is 14.7 Å². The van der Waals surface area contributed by atoms with Crippen molar-refractivity contribution in [3.05, 3.63) is 80.0 Å². The number of hydrogen-bond acceptors (Lipinski definition) is 5. The number of likely N-dealkylation sites (tertiary alicyclic amines) is 2. The van der Waals surface area contributed by atoms with Crippen molar-refractivity contribution in [1.29, 1.82) is 0 Å². The van der Waals surface area contributed by atoms with Crippen LogP contribution in [0.5, 0.6) is 0 Å². The van der Waals surface area contributed by atoms with Crippen molar-refractivity contribution in [2.75, 3.05) is 32.8 Å². The summed E-state index contributed by atoms with van der Waals surface area (Å²) >= 11 is 3.49. The minimum atomic E-state index is -4.65. The number of carbonyl (C=O) groups is 1. The van der Waals surface area contributed by atoms with Crippen LogP contribution < -0.4 is 5.43 Å². The molecule has 0 radical (unpaired) electrons. The van der Waals surface area contributed by atoms with Crippen molar-refractivity contribution < 1.29 is 22.8 Å². The minimum Gasteiger partial charge on any atom is -0.396 e. The van der Waals surface area contributed by atoms with E-state index in [-0.39, 0.29) is 28.1 Å². The smallest absolute Gasteiger partial charge is 0.396 e. The van der Waals surface area contributed by atoms with E-state index in [9.17, 15) is 22.8 Å². The van der Waals surface area contributed by atoms with E-state index in [0.29, 0.717) is 19.7 Å². The van der Waals surface area contributed by atoms with Crippen LogP contribution in [0.4, 0.5) is 13.2 Å². The molecule has 2 saturated heterocycles. The first kappa shape index (κ1) is 30.3. The Labute approximate surface area is 250 Å². The van der Waals surface area contributed by atoms with Gasteiger partial charge in [-0.05, 0) is 82.4 Å². The lowest BCUT2D eigenvalue weighted by molar-refractivity contribution is -0.136. The quantitative estimate of drug-likeness (QED) is 0.246. The first-order valence-corrected chi connectivity index (χ1v) is 15.0. The van der Waals surface area contributed by atoms with Gasteiger partial charge in [0.2, 0.25) is 0 Å². The average Bonchev–Trinajstić information content (AvgIpc) is 2.98. The van der Waals surface area contributed by atoms with E-state index < -0.39 is 23.1 Å². The summed E-state index contributed by atoms with van der Waals surface area (Å²) in [6, 6.07) is 12.7. The second kappa shape index (κ2) is 12.2. The zero-order chi connectivity index (χ0) is 30.1. The molecule has 0 unspecified atom stereocenters. The lowest BCUT2D eigenvalue weighted by Gasteiger charge is -2.49. The number of carbonyl (C=O) groups excluding carboxylic acids is 1. The molecule has 2 fully saturated rings. The molecule has 3 aromatic rings. The fourth-order valence-corrected chi connectivity index (χ4v) is 6.38. The van der Waals surface area contributed by atoms with Gasteiger partial charge in [0.25, 0.3) is 5.91 Å². The summed E-state index contributed by atoms with van der Waals surface area (Å²) in [6.45, 7) is 7.30. The molecule has 1 N–H and O–H groups in total. The van der Waals surface area contributed by atoms with Crippen LogP contribution in [-0.4, -0.2) is 64.7 Å². The Morgan fingerprint density at radius 2 is 1.76 bits per heavy atom. The SMILES string of the molecule is CCON=C(c1ccc(Br)cc1)C1CCN(C2(C)CCN(C(=O)c3cc(=O)c4cccc(C(F)(F)F)c4[nH]3)CC2)CC1. The van der Waals surface area contributed by atoms with Crippen LogP contribution in [0.25, 0.3) is 10.9 Å². The monoisotopic (exact) mass is 646 g/mol. The van der Waals surface area contributed by atoms with Crippen LogP contribution in [0.2, 0.25) is 0 Å². The number of piperidine rings is 2. The summed E-state index contributed by atoms with van der Waals surface area (Å²) < 4.78 is 41.8. The zero-order valence-electron chi connectivity index (χ0n) is 23.6. The Hall–Kier alpha value is -3.18. The van der Waals surface area contributed by atoms with Crippen molar-refractivity contribution in [2.45, 2.75) is 51.2 Å². The van der Waals surface area contributed by atoms with E-state index in [4.69, 9.17) is 4.84 Å². The Morgan fingerprint density at radius 1 is 1.10 bits per heavy atom. The standard InChI is InChI=1S/C31H34BrF3N4O3/c1-3-42-37-27(20-7-9-22(32)10-8-20)21-11-15-39(16-12-21)30(2)13-17-38(18-14-30)29(41)25-19-26(40)23-5-4-6-24(28(23)36-25)31(33,34)35/h4-10,19,21H,3,11-18H2,1-2H3,(H,36,40). The van der Waals surface area contributed by atoms with Gasteiger partial charge in [-0.3, -0.25) is 14.5 Å². The molecule has 0 aliphatic carbocycles. The third-order valence-corrected chi connectivity index (χ3v) is 9.13. The maximum Gasteiger partial charge on any atom is 0.418 e. The summed E-state index contributed by atoms with van der Waals surface area (Å²) in [4.78, 5) is 38.2. The number of alkyl halides is 3.